The first-order chi connectivity index (χ1) is 13.2. The number of anilines is 1. The lowest BCUT2D eigenvalue weighted by molar-refractivity contribution is -0.0553. The Balaban J connectivity index is 1.16. The van der Waals surface area contributed by atoms with Gasteiger partial charge in [-0.1, -0.05) is 30.3 Å². The highest BCUT2D eigenvalue weighted by Gasteiger charge is 2.53. The molecule has 2 aromatic rings. The summed E-state index contributed by atoms with van der Waals surface area (Å²) in [5, 5.41) is 0. The minimum Gasteiger partial charge on any atom is -0.378 e. The normalized spacial score (nSPS) is 21.6. The van der Waals surface area contributed by atoms with Gasteiger partial charge >= 0.3 is 0 Å². The molecule has 4 heteroatoms. The van der Waals surface area contributed by atoms with Gasteiger partial charge in [-0.05, 0) is 48.6 Å². The van der Waals surface area contributed by atoms with Crippen LogP contribution >= 0.6 is 0 Å². The molecule has 1 saturated carbocycles. The average Bonchev–Trinajstić information content (AvgIpc) is 2.67. The van der Waals surface area contributed by atoms with Crippen LogP contribution in [0.5, 0.6) is 0 Å². The lowest BCUT2D eigenvalue weighted by atomic mass is 9.56. The van der Waals surface area contributed by atoms with Gasteiger partial charge in [0.25, 0.3) is 5.91 Å². The first-order valence-electron chi connectivity index (χ1n) is 10.00. The quantitative estimate of drug-likeness (QED) is 0.837. The summed E-state index contributed by atoms with van der Waals surface area (Å²) in [6, 6.07) is 18.9. The zero-order chi connectivity index (χ0) is 18.3. The summed E-state index contributed by atoms with van der Waals surface area (Å²) in [6.07, 6.45) is 2.44. The van der Waals surface area contributed by atoms with E-state index in [1.807, 2.05) is 17.0 Å². The van der Waals surface area contributed by atoms with E-state index >= 15 is 0 Å². The first kappa shape index (κ1) is 16.8. The van der Waals surface area contributed by atoms with Crippen LogP contribution in [0.3, 0.4) is 0 Å². The van der Waals surface area contributed by atoms with Gasteiger partial charge in [-0.3, -0.25) is 4.79 Å². The molecular formula is C23H26N2O2. The molecule has 0 radical (unpaired) electrons. The molecule has 3 fully saturated rings. The van der Waals surface area contributed by atoms with Gasteiger partial charge < -0.3 is 14.5 Å². The summed E-state index contributed by atoms with van der Waals surface area (Å²) < 4.78 is 5.41. The highest BCUT2D eigenvalue weighted by atomic mass is 16.5. The number of rotatable bonds is 3. The lowest BCUT2D eigenvalue weighted by Gasteiger charge is -2.59. The molecule has 0 atom stereocenters. The molecule has 2 aliphatic heterocycles. The maximum Gasteiger partial charge on any atom is 0.253 e. The van der Waals surface area contributed by atoms with E-state index in [0.717, 1.165) is 45.0 Å². The van der Waals surface area contributed by atoms with Crippen molar-refractivity contribution in [1.29, 1.82) is 0 Å². The second-order valence-electron chi connectivity index (χ2n) is 8.32. The molecule has 3 aliphatic rings. The molecule has 2 heterocycles. The van der Waals surface area contributed by atoms with Crippen LogP contribution < -0.4 is 4.90 Å². The Bertz CT molecular complexity index is 798. The minimum absolute atomic E-state index is 0.178. The Labute approximate surface area is 160 Å². The van der Waals surface area contributed by atoms with Gasteiger partial charge in [-0.2, -0.15) is 0 Å². The summed E-state index contributed by atoms with van der Waals surface area (Å²) in [7, 11) is 0. The standard InChI is InChI=1S/C23H26N2O2/c26-22(19-6-8-21(9-7-19)24-10-12-27-13-11-24)25-16-23(17-25)14-20(15-23)18-4-2-1-3-5-18/h1-9,20H,10-17H2. The zero-order valence-electron chi connectivity index (χ0n) is 15.6. The topological polar surface area (TPSA) is 32.8 Å². The first-order valence-corrected chi connectivity index (χ1v) is 10.00. The number of ether oxygens (including phenoxy) is 1. The van der Waals surface area contributed by atoms with Gasteiger partial charge in [0.1, 0.15) is 0 Å². The number of nitrogens with zero attached hydrogens (tertiary/aromatic N) is 2. The second kappa shape index (κ2) is 6.68. The Morgan fingerprint density at radius 1 is 0.926 bits per heavy atom. The molecule has 2 saturated heterocycles. The maximum atomic E-state index is 12.8. The van der Waals surface area contributed by atoms with Crippen molar-refractivity contribution in [1.82, 2.24) is 4.90 Å². The van der Waals surface area contributed by atoms with Gasteiger partial charge in [0.2, 0.25) is 0 Å². The van der Waals surface area contributed by atoms with Crippen LogP contribution in [-0.2, 0) is 4.74 Å². The smallest absolute Gasteiger partial charge is 0.253 e. The van der Waals surface area contributed by atoms with Crippen molar-refractivity contribution in [2.24, 2.45) is 5.41 Å². The molecule has 0 unspecified atom stereocenters. The number of benzene rings is 2. The molecule has 27 heavy (non-hydrogen) atoms. The van der Waals surface area contributed by atoms with Crippen LogP contribution in [-0.4, -0.2) is 50.2 Å². The molecule has 2 aromatic carbocycles. The summed E-state index contributed by atoms with van der Waals surface area (Å²) in [5.74, 6) is 0.855. The summed E-state index contributed by atoms with van der Waals surface area (Å²) in [5.41, 5.74) is 3.82. The highest BCUT2D eigenvalue weighted by Crippen LogP contribution is 2.56. The zero-order valence-corrected chi connectivity index (χ0v) is 15.6. The Hall–Kier alpha value is -2.33. The van der Waals surface area contributed by atoms with Gasteiger partial charge in [0.05, 0.1) is 13.2 Å². The fourth-order valence-electron chi connectivity index (χ4n) is 4.93. The largest absolute Gasteiger partial charge is 0.378 e. The molecule has 1 amide bonds. The number of amides is 1. The van der Waals surface area contributed by atoms with Crippen molar-refractivity contribution in [3.05, 3.63) is 65.7 Å². The average molecular weight is 362 g/mol. The van der Waals surface area contributed by atoms with E-state index in [1.54, 1.807) is 0 Å². The van der Waals surface area contributed by atoms with Crippen molar-refractivity contribution >= 4 is 11.6 Å². The highest BCUT2D eigenvalue weighted by molar-refractivity contribution is 5.95. The van der Waals surface area contributed by atoms with Crippen LogP contribution in [0, 0.1) is 5.41 Å². The Kier molecular flexibility index (Phi) is 4.16. The van der Waals surface area contributed by atoms with Gasteiger partial charge in [0.15, 0.2) is 0 Å². The van der Waals surface area contributed by atoms with E-state index in [-0.39, 0.29) is 5.91 Å². The minimum atomic E-state index is 0.178. The third kappa shape index (κ3) is 3.12. The van der Waals surface area contributed by atoms with Gasteiger partial charge in [-0.25, -0.2) is 0 Å². The monoisotopic (exact) mass is 362 g/mol. The third-order valence-corrected chi connectivity index (χ3v) is 6.46. The van der Waals surface area contributed by atoms with E-state index in [9.17, 15) is 4.79 Å². The summed E-state index contributed by atoms with van der Waals surface area (Å²) in [4.78, 5) is 17.1. The van der Waals surface area contributed by atoms with Crippen LogP contribution in [0.1, 0.15) is 34.7 Å². The number of carbonyl (C=O) groups is 1. The summed E-state index contributed by atoms with van der Waals surface area (Å²) in [6.45, 7) is 5.23. The predicted octanol–water partition coefficient (Wildman–Crippen LogP) is 3.54. The van der Waals surface area contributed by atoms with Crippen LogP contribution in [0.4, 0.5) is 5.69 Å². The van der Waals surface area contributed by atoms with Gasteiger partial charge in [-0.15, -0.1) is 0 Å². The molecule has 0 N–H and O–H groups in total. The van der Waals surface area contributed by atoms with E-state index in [1.165, 1.54) is 24.1 Å². The van der Waals surface area contributed by atoms with Crippen molar-refractivity contribution in [3.8, 4) is 0 Å². The van der Waals surface area contributed by atoms with Crippen LogP contribution in [0.2, 0.25) is 0 Å². The van der Waals surface area contributed by atoms with Crippen LogP contribution in [0.15, 0.2) is 54.6 Å². The van der Waals surface area contributed by atoms with E-state index in [2.05, 4.69) is 47.4 Å². The maximum absolute atomic E-state index is 12.8. The SMILES string of the molecule is O=C(c1ccc(N2CCOCC2)cc1)N1CC2(CC(c3ccccc3)C2)C1. The second-order valence-corrected chi connectivity index (χ2v) is 8.32. The van der Waals surface area contributed by atoms with Gasteiger partial charge in [0, 0.05) is 42.8 Å². The van der Waals surface area contributed by atoms with E-state index in [4.69, 9.17) is 4.74 Å². The molecule has 5 rings (SSSR count). The Morgan fingerprint density at radius 3 is 2.26 bits per heavy atom. The molecule has 1 spiro atoms. The molecule has 1 aliphatic carbocycles. The molecule has 4 nitrogen and oxygen atoms in total. The molecule has 0 bridgehead atoms. The summed E-state index contributed by atoms with van der Waals surface area (Å²) >= 11 is 0. The number of carbonyl (C=O) groups excluding carboxylic acids is 1. The third-order valence-electron chi connectivity index (χ3n) is 6.46. The Morgan fingerprint density at radius 2 is 1.59 bits per heavy atom. The fourth-order valence-corrected chi connectivity index (χ4v) is 4.93. The van der Waals surface area contributed by atoms with Crippen molar-refractivity contribution in [2.45, 2.75) is 18.8 Å². The number of hydrogen-bond donors (Lipinski definition) is 0. The van der Waals surface area contributed by atoms with Crippen LogP contribution in [0.25, 0.3) is 0 Å². The van der Waals surface area contributed by atoms with E-state index in [0.29, 0.717) is 11.3 Å². The number of likely N-dealkylation sites (tertiary alicyclic amines) is 1. The molecule has 140 valence electrons. The van der Waals surface area contributed by atoms with Crippen molar-refractivity contribution in [2.75, 3.05) is 44.3 Å². The number of morpholine rings is 1. The van der Waals surface area contributed by atoms with Crippen molar-refractivity contribution in [3.63, 3.8) is 0 Å². The molecular weight excluding hydrogens is 336 g/mol. The van der Waals surface area contributed by atoms with Crippen molar-refractivity contribution < 1.29 is 9.53 Å². The molecule has 0 aromatic heterocycles. The number of hydrogen-bond acceptors (Lipinski definition) is 3. The predicted molar refractivity (Wildman–Crippen MR) is 106 cm³/mol. The van der Waals surface area contributed by atoms with E-state index < -0.39 is 0 Å². The lowest BCUT2D eigenvalue weighted by Crippen LogP contribution is -2.63. The fraction of sp³-hybridized carbons (Fsp3) is 0.435.